The zero-order chi connectivity index (χ0) is 23.5. The van der Waals surface area contributed by atoms with Crippen molar-refractivity contribution in [2.75, 3.05) is 32.1 Å². The summed E-state index contributed by atoms with van der Waals surface area (Å²) < 4.78 is 13.5. The number of hydrogen-bond acceptors (Lipinski definition) is 4. The summed E-state index contributed by atoms with van der Waals surface area (Å²) in [6.45, 7) is 3.54. The number of anilines is 1. The first-order chi connectivity index (χ1) is 15.9. The van der Waals surface area contributed by atoms with Crippen LogP contribution in [0.5, 0.6) is 0 Å². The van der Waals surface area contributed by atoms with Gasteiger partial charge in [0.15, 0.2) is 0 Å². The van der Waals surface area contributed by atoms with Gasteiger partial charge in [-0.2, -0.15) is 0 Å². The van der Waals surface area contributed by atoms with E-state index in [1.165, 1.54) is 0 Å². The lowest BCUT2D eigenvalue weighted by atomic mass is 10.1. The molecule has 1 atom stereocenters. The second-order valence-corrected chi connectivity index (χ2v) is 9.74. The van der Waals surface area contributed by atoms with Gasteiger partial charge in [0.1, 0.15) is 0 Å². The van der Waals surface area contributed by atoms with Crippen LogP contribution in [0, 0.1) is 6.92 Å². The van der Waals surface area contributed by atoms with E-state index in [1.807, 2.05) is 50.2 Å². The van der Waals surface area contributed by atoms with E-state index in [4.69, 9.17) is 0 Å². The molecule has 0 fully saturated rings. The fourth-order valence-corrected chi connectivity index (χ4v) is 5.16. The van der Waals surface area contributed by atoms with Crippen LogP contribution in [-0.4, -0.2) is 48.1 Å². The lowest BCUT2D eigenvalue weighted by molar-refractivity contribution is 0.0947. The van der Waals surface area contributed by atoms with Crippen molar-refractivity contribution in [3.05, 3.63) is 89.0 Å². The van der Waals surface area contributed by atoms with E-state index in [-0.39, 0.29) is 11.8 Å². The Hall–Kier alpha value is -3.29. The molecule has 3 aromatic rings. The third kappa shape index (κ3) is 4.74. The molecule has 1 aliphatic heterocycles. The number of amides is 2. The van der Waals surface area contributed by atoms with E-state index in [2.05, 4.69) is 5.32 Å². The SMILES string of the molecule is Cc1ccccc1CN1C(=O)c2ccccc2S(=O)c2ccc(C(=O)NCCN(C)C)cc21. The van der Waals surface area contributed by atoms with Crippen LogP contribution >= 0.6 is 0 Å². The summed E-state index contributed by atoms with van der Waals surface area (Å²) in [7, 11) is 2.34. The third-order valence-corrected chi connectivity index (χ3v) is 7.21. The number of nitrogens with zero attached hydrogens (tertiary/aromatic N) is 2. The van der Waals surface area contributed by atoms with Gasteiger partial charge in [0.2, 0.25) is 0 Å². The zero-order valence-corrected chi connectivity index (χ0v) is 19.8. The standard InChI is InChI=1S/C26H27N3O3S/c1-18-8-4-5-9-20(18)17-29-22-16-19(25(30)27-14-15-28(2)3)12-13-24(22)33(32)23-11-7-6-10-21(23)26(29)31/h4-13,16H,14-15,17H2,1-3H3,(H,27,30). The van der Waals surface area contributed by atoms with Gasteiger partial charge in [0, 0.05) is 18.7 Å². The minimum atomic E-state index is -1.55. The Kier molecular flexibility index (Phi) is 6.72. The molecule has 1 heterocycles. The Labute approximate surface area is 196 Å². The molecule has 1 aliphatic rings. The zero-order valence-electron chi connectivity index (χ0n) is 19.0. The van der Waals surface area contributed by atoms with Gasteiger partial charge in [0.25, 0.3) is 11.8 Å². The van der Waals surface area contributed by atoms with Crippen molar-refractivity contribution in [1.29, 1.82) is 0 Å². The van der Waals surface area contributed by atoms with E-state index >= 15 is 0 Å². The average molecular weight is 462 g/mol. The summed E-state index contributed by atoms with van der Waals surface area (Å²) in [5.74, 6) is -0.457. The minimum absolute atomic E-state index is 0.226. The molecule has 7 heteroatoms. The first-order valence-corrected chi connectivity index (χ1v) is 12.0. The van der Waals surface area contributed by atoms with Crippen molar-refractivity contribution in [3.8, 4) is 0 Å². The van der Waals surface area contributed by atoms with E-state index in [0.717, 1.165) is 11.1 Å². The van der Waals surface area contributed by atoms with E-state index < -0.39 is 10.8 Å². The van der Waals surface area contributed by atoms with E-state index in [1.54, 1.807) is 47.4 Å². The van der Waals surface area contributed by atoms with Crippen molar-refractivity contribution in [1.82, 2.24) is 10.2 Å². The molecule has 1 N–H and O–H groups in total. The minimum Gasteiger partial charge on any atom is -0.351 e. The molecular formula is C26H27N3O3S. The Morgan fingerprint density at radius 2 is 1.73 bits per heavy atom. The van der Waals surface area contributed by atoms with Crippen molar-refractivity contribution >= 4 is 28.3 Å². The molecule has 170 valence electrons. The van der Waals surface area contributed by atoms with Gasteiger partial charge in [-0.25, -0.2) is 4.21 Å². The summed E-state index contributed by atoms with van der Waals surface area (Å²) >= 11 is 0. The Morgan fingerprint density at radius 1 is 1.00 bits per heavy atom. The second kappa shape index (κ2) is 9.68. The summed E-state index contributed by atoms with van der Waals surface area (Å²) in [6, 6.07) is 19.9. The number of hydrogen-bond donors (Lipinski definition) is 1. The van der Waals surface area contributed by atoms with E-state index in [9.17, 15) is 13.8 Å². The van der Waals surface area contributed by atoms with E-state index in [0.29, 0.717) is 46.2 Å². The molecule has 0 aromatic heterocycles. The molecule has 4 rings (SSSR count). The summed E-state index contributed by atoms with van der Waals surface area (Å²) in [4.78, 5) is 31.1. The van der Waals surface area contributed by atoms with Crippen molar-refractivity contribution in [3.63, 3.8) is 0 Å². The van der Waals surface area contributed by atoms with Crippen molar-refractivity contribution in [2.24, 2.45) is 0 Å². The highest BCUT2D eigenvalue weighted by molar-refractivity contribution is 7.85. The van der Waals surface area contributed by atoms with Gasteiger partial charge in [-0.05, 0) is 62.5 Å². The number of benzene rings is 3. The maximum Gasteiger partial charge on any atom is 0.259 e. The van der Waals surface area contributed by atoms with Crippen LogP contribution in [0.2, 0.25) is 0 Å². The number of aryl methyl sites for hydroxylation is 1. The largest absolute Gasteiger partial charge is 0.351 e. The molecule has 0 aliphatic carbocycles. The lowest BCUT2D eigenvalue weighted by Crippen LogP contribution is -2.32. The number of nitrogens with one attached hydrogen (secondary N) is 1. The molecule has 0 radical (unpaired) electrons. The monoisotopic (exact) mass is 461 g/mol. The first kappa shape index (κ1) is 22.9. The van der Waals surface area contributed by atoms with Crippen LogP contribution in [0.15, 0.2) is 76.5 Å². The number of carbonyl (C=O) groups excluding carboxylic acids is 2. The van der Waals surface area contributed by atoms with Gasteiger partial charge in [-0.15, -0.1) is 0 Å². The van der Waals surface area contributed by atoms with Crippen LogP contribution in [0.4, 0.5) is 5.69 Å². The number of fused-ring (bicyclic) bond motifs is 2. The van der Waals surface area contributed by atoms with Crippen LogP contribution in [-0.2, 0) is 17.3 Å². The molecule has 0 bridgehead atoms. The molecule has 2 amide bonds. The molecule has 0 saturated heterocycles. The topological polar surface area (TPSA) is 69.7 Å². The van der Waals surface area contributed by atoms with Gasteiger partial charge in [0.05, 0.1) is 38.4 Å². The van der Waals surface area contributed by atoms with Crippen LogP contribution < -0.4 is 10.2 Å². The number of rotatable bonds is 6. The molecular weight excluding hydrogens is 434 g/mol. The molecule has 0 saturated carbocycles. The van der Waals surface area contributed by atoms with Crippen molar-refractivity contribution in [2.45, 2.75) is 23.3 Å². The predicted octanol–water partition coefficient (Wildman–Crippen LogP) is 3.61. The summed E-state index contributed by atoms with van der Waals surface area (Å²) in [5, 5.41) is 2.91. The molecule has 33 heavy (non-hydrogen) atoms. The van der Waals surface area contributed by atoms with Crippen molar-refractivity contribution < 1.29 is 13.8 Å². The van der Waals surface area contributed by atoms with Gasteiger partial charge < -0.3 is 15.1 Å². The van der Waals surface area contributed by atoms with Gasteiger partial charge in [-0.1, -0.05) is 36.4 Å². The maximum atomic E-state index is 13.7. The van der Waals surface area contributed by atoms with Gasteiger partial charge >= 0.3 is 0 Å². The van der Waals surface area contributed by atoms with Crippen LogP contribution in [0.3, 0.4) is 0 Å². The summed E-state index contributed by atoms with van der Waals surface area (Å²) in [5.41, 5.74) is 3.39. The van der Waals surface area contributed by atoms with Crippen LogP contribution in [0.1, 0.15) is 31.8 Å². The third-order valence-electron chi connectivity index (χ3n) is 5.71. The Morgan fingerprint density at radius 3 is 2.48 bits per heavy atom. The fourth-order valence-electron chi connectivity index (χ4n) is 3.81. The lowest BCUT2D eigenvalue weighted by Gasteiger charge is -2.24. The average Bonchev–Trinajstić information content (AvgIpc) is 2.89. The summed E-state index contributed by atoms with van der Waals surface area (Å²) in [6.07, 6.45) is 0. The Bertz CT molecular complexity index is 1240. The fraction of sp³-hybridized carbons (Fsp3) is 0.231. The Balaban J connectivity index is 1.79. The first-order valence-electron chi connectivity index (χ1n) is 10.8. The molecule has 3 aromatic carbocycles. The normalized spacial score (nSPS) is 15.1. The van der Waals surface area contributed by atoms with Crippen LogP contribution in [0.25, 0.3) is 0 Å². The highest BCUT2D eigenvalue weighted by Gasteiger charge is 2.31. The van der Waals surface area contributed by atoms with Gasteiger partial charge in [-0.3, -0.25) is 9.59 Å². The smallest absolute Gasteiger partial charge is 0.259 e. The quantitative estimate of drug-likeness (QED) is 0.609. The maximum absolute atomic E-state index is 13.7. The number of likely N-dealkylation sites (N-methyl/N-ethyl adjacent to an activating group) is 1. The molecule has 6 nitrogen and oxygen atoms in total. The number of carbonyl (C=O) groups is 2. The second-order valence-electron chi connectivity index (χ2n) is 8.32. The molecule has 1 unspecified atom stereocenters. The molecule has 0 spiro atoms. The highest BCUT2D eigenvalue weighted by atomic mass is 32.2. The highest BCUT2D eigenvalue weighted by Crippen LogP contribution is 2.36. The predicted molar refractivity (Wildman–Crippen MR) is 130 cm³/mol.